The summed E-state index contributed by atoms with van der Waals surface area (Å²) in [4.78, 5) is 0. The maximum Gasteiger partial charge on any atom is 0.0108 e. The molecular weight excluding hydrogens is 254 g/mol. The highest BCUT2D eigenvalue weighted by atomic mass is 14.9. The van der Waals surface area contributed by atoms with Crippen LogP contribution in [0.25, 0.3) is 0 Å². The highest BCUT2D eigenvalue weighted by molar-refractivity contribution is 5.26. The summed E-state index contributed by atoms with van der Waals surface area (Å²) < 4.78 is 0. The van der Waals surface area contributed by atoms with Crippen LogP contribution in [0, 0.1) is 6.92 Å². The van der Waals surface area contributed by atoms with Crippen molar-refractivity contribution in [3.63, 3.8) is 0 Å². The van der Waals surface area contributed by atoms with Crippen LogP contribution in [0.4, 0.5) is 0 Å². The Morgan fingerprint density at radius 1 is 0.952 bits per heavy atom. The monoisotopic (exact) mass is 281 g/mol. The van der Waals surface area contributed by atoms with E-state index in [2.05, 4.69) is 74.7 Å². The molecule has 1 heteroatoms. The molecule has 0 aliphatic rings. The first-order valence-electron chi connectivity index (χ1n) is 8.02. The molecule has 0 saturated carbocycles. The molecule has 2 aromatic carbocycles. The van der Waals surface area contributed by atoms with Crippen molar-refractivity contribution in [3.8, 4) is 0 Å². The van der Waals surface area contributed by atoms with Gasteiger partial charge in [0.05, 0.1) is 0 Å². The molecule has 0 spiro atoms. The van der Waals surface area contributed by atoms with Gasteiger partial charge in [0.2, 0.25) is 0 Å². The molecule has 0 aliphatic heterocycles. The highest BCUT2D eigenvalue weighted by Crippen LogP contribution is 2.14. The molecule has 0 saturated heterocycles. The first-order valence-corrected chi connectivity index (χ1v) is 8.02. The number of rotatable bonds is 7. The average Bonchev–Trinajstić information content (AvgIpc) is 2.53. The summed E-state index contributed by atoms with van der Waals surface area (Å²) >= 11 is 0. The van der Waals surface area contributed by atoms with Gasteiger partial charge >= 0.3 is 0 Å². The third-order valence-electron chi connectivity index (χ3n) is 4.34. The number of aryl methyl sites for hydroxylation is 3. The summed E-state index contributed by atoms with van der Waals surface area (Å²) in [5.74, 6) is 0. The van der Waals surface area contributed by atoms with Gasteiger partial charge in [0, 0.05) is 6.04 Å². The van der Waals surface area contributed by atoms with Gasteiger partial charge in [-0.1, -0.05) is 55.5 Å². The Kier molecular flexibility index (Phi) is 6.01. The fourth-order valence-corrected chi connectivity index (χ4v) is 2.76. The summed E-state index contributed by atoms with van der Waals surface area (Å²) in [7, 11) is 2.07. The molecule has 1 N–H and O–H groups in total. The molecule has 112 valence electrons. The maximum atomic E-state index is 3.47. The molecule has 0 heterocycles. The smallest absolute Gasteiger partial charge is 0.0108 e. The van der Waals surface area contributed by atoms with E-state index in [4.69, 9.17) is 0 Å². The lowest BCUT2D eigenvalue weighted by molar-refractivity contribution is 0.519. The normalized spacial score (nSPS) is 12.3. The number of benzene rings is 2. The Bertz CT molecular complexity index is 542. The van der Waals surface area contributed by atoms with Crippen LogP contribution in [0.3, 0.4) is 0 Å². The lowest BCUT2D eigenvalue weighted by Gasteiger charge is -2.17. The van der Waals surface area contributed by atoms with Gasteiger partial charge < -0.3 is 5.32 Å². The molecule has 21 heavy (non-hydrogen) atoms. The quantitative estimate of drug-likeness (QED) is 0.797. The van der Waals surface area contributed by atoms with Crippen LogP contribution in [0.5, 0.6) is 0 Å². The van der Waals surface area contributed by atoms with E-state index < -0.39 is 0 Å². The minimum atomic E-state index is 0.539. The molecule has 0 bridgehead atoms. The second-order valence-corrected chi connectivity index (χ2v) is 5.82. The second-order valence-electron chi connectivity index (χ2n) is 5.82. The summed E-state index contributed by atoms with van der Waals surface area (Å²) in [5.41, 5.74) is 5.72. The SMILES string of the molecule is CCc1ccc(CC(CCc2ccccc2C)NC)cc1. The van der Waals surface area contributed by atoms with Gasteiger partial charge in [-0.05, 0) is 61.9 Å². The zero-order valence-electron chi connectivity index (χ0n) is 13.5. The highest BCUT2D eigenvalue weighted by Gasteiger charge is 2.08. The van der Waals surface area contributed by atoms with E-state index in [9.17, 15) is 0 Å². The van der Waals surface area contributed by atoms with E-state index in [0.29, 0.717) is 6.04 Å². The molecule has 0 radical (unpaired) electrons. The Balaban J connectivity index is 1.92. The van der Waals surface area contributed by atoms with Crippen molar-refractivity contribution in [2.45, 2.75) is 45.6 Å². The van der Waals surface area contributed by atoms with Gasteiger partial charge in [-0.2, -0.15) is 0 Å². The van der Waals surface area contributed by atoms with E-state index in [0.717, 1.165) is 19.3 Å². The molecule has 2 aromatic rings. The van der Waals surface area contributed by atoms with Crippen LogP contribution in [-0.2, 0) is 19.3 Å². The first-order chi connectivity index (χ1) is 10.2. The standard InChI is InChI=1S/C20H27N/c1-4-17-9-11-18(12-10-17)15-20(21-3)14-13-19-8-6-5-7-16(19)2/h5-12,20-21H,4,13-15H2,1-3H3. The van der Waals surface area contributed by atoms with E-state index in [-0.39, 0.29) is 0 Å². The van der Waals surface area contributed by atoms with Crippen LogP contribution in [0.2, 0.25) is 0 Å². The van der Waals surface area contributed by atoms with Gasteiger partial charge in [0.25, 0.3) is 0 Å². The minimum absolute atomic E-state index is 0.539. The molecule has 0 fully saturated rings. The van der Waals surface area contributed by atoms with Crippen LogP contribution in [0.1, 0.15) is 35.6 Å². The molecule has 1 nitrogen and oxygen atoms in total. The Morgan fingerprint density at radius 2 is 1.62 bits per heavy atom. The molecule has 0 aliphatic carbocycles. The van der Waals surface area contributed by atoms with Crippen molar-refractivity contribution in [3.05, 3.63) is 70.8 Å². The summed E-state index contributed by atoms with van der Waals surface area (Å²) in [6.07, 6.45) is 4.54. The van der Waals surface area contributed by atoms with Crippen molar-refractivity contribution in [1.82, 2.24) is 5.32 Å². The summed E-state index contributed by atoms with van der Waals surface area (Å²) in [6.45, 7) is 4.40. The Morgan fingerprint density at radius 3 is 2.24 bits per heavy atom. The molecule has 0 amide bonds. The molecule has 2 rings (SSSR count). The number of hydrogen-bond acceptors (Lipinski definition) is 1. The molecule has 1 atom stereocenters. The van der Waals surface area contributed by atoms with Crippen molar-refractivity contribution in [2.24, 2.45) is 0 Å². The predicted octanol–water partition coefficient (Wildman–Crippen LogP) is 4.32. The van der Waals surface area contributed by atoms with Crippen LogP contribution in [0.15, 0.2) is 48.5 Å². The van der Waals surface area contributed by atoms with Crippen molar-refractivity contribution in [1.29, 1.82) is 0 Å². The first kappa shape index (κ1) is 15.8. The molecule has 1 unspecified atom stereocenters. The molecular formula is C20H27N. The van der Waals surface area contributed by atoms with Crippen LogP contribution < -0.4 is 5.32 Å². The van der Waals surface area contributed by atoms with Gasteiger partial charge in [-0.3, -0.25) is 0 Å². The van der Waals surface area contributed by atoms with Gasteiger partial charge in [-0.15, -0.1) is 0 Å². The van der Waals surface area contributed by atoms with E-state index in [1.807, 2.05) is 0 Å². The lowest BCUT2D eigenvalue weighted by atomic mass is 9.96. The van der Waals surface area contributed by atoms with Crippen LogP contribution in [-0.4, -0.2) is 13.1 Å². The fraction of sp³-hybridized carbons (Fsp3) is 0.400. The third kappa shape index (κ3) is 4.71. The summed E-state index contributed by atoms with van der Waals surface area (Å²) in [6, 6.07) is 18.3. The fourth-order valence-electron chi connectivity index (χ4n) is 2.76. The zero-order valence-corrected chi connectivity index (χ0v) is 13.5. The number of hydrogen-bond donors (Lipinski definition) is 1. The second kappa shape index (κ2) is 7.99. The van der Waals surface area contributed by atoms with E-state index in [1.54, 1.807) is 0 Å². The Labute approximate surface area is 129 Å². The van der Waals surface area contributed by atoms with Crippen molar-refractivity contribution in [2.75, 3.05) is 7.05 Å². The van der Waals surface area contributed by atoms with Gasteiger partial charge in [-0.25, -0.2) is 0 Å². The zero-order chi connectivity index (χ0) is 15.1. The number of nitrogens with one attached hydrogen (secondary N) is 1. The predicted molar refractivity (Wildman–Crippen MR) is 91.9 cm³/mol. The lowest BCUT2D eigenvalue weighted by Crippen LogP contribution is -2.28. The topological polar surface area (TPSA) is 12.0 Å². The number of likely N-dealkylation sites (N-methyl/N-ethyl adjacent to an activating group) is 1. The van der Waals surface area contributed by atoms with Gasteiger partial charge in [0.15, 0.2) is 0 Å². The maximum absolute atomic E-state index is 3.47. The largest absolute Gasteiger partial charge is 0.317 e. The average molecular weight is 281 g/mol. The molecule has 0 aromatic heterocycles. The Hall–Kier alpha value is -1.60. The summed E-state index contributed by atoms with van der Waals surface area (Å²) in [5, 5.41) is 3.47. The van der Waals surface area contributed by atoms with Gasteiger partial charge in [0.1, 0.15) is 0 Å². The van der Waals surface area contributed by atoms with E-state index >= 15 is 0 Å². The van der Waals surface area contributed by atoms with Crippen LogP contribution >= 0.6 is 0 Å². The van der Waals surface area contributed by atoms with E-state index in [1.165, 1.54) is 28.7 Å². The van der Waals surface area contributed by atoms with Crippen molar-refractivity contribution >= 4 is 0 Å². The third-order valence-corrected chi connectivity index (χ3v) is 4.34. The minimum Gasteiger partial charge on any atom is -0.317 e. The van der Waals surface area contributed by atoms with Crippen molar-refractivity contribution < 1.29 is 0 Å².